The molecular formula is C25H33N7O5. The van der Waals surface area contributed by atoms with Gasteiger partial charge in [0.2, 0.25) is 5.91 Å². The van der Waals surface area contributed by atoms with E-state index < -0.39 is 6.04 Å². The molecule has 1 atom stereocenters. The maximum absolute atomic E-state index is 11.3. The predicted molar refractivity (Wildman–Crippen MR) is 138 cm³/mol. The van der Waals surface area contributed by atoms with Gasteiger partial charge in [0, 0.05) is 37.2 Å². The summed E-state index contributed by atoms with van der Waals surface area (Å²) in [5.41, 5.74) is 4.58. The third-order valence-corrected chi connectivity index (χ3v) is 6.53. The summed E-state index contributed by atoms with van der Waals surface area (Å²) < 4.78 is 13.0. The summed E-state index contributed by atoms with van der Waals surface area (Å²) >= 11 is 0. The molecule has 12 heteroatoms. The topological polar surface area (TPSA) is 144 Å². The van der Waals surface area contributed by atoms with Gasteiger partial charge in [-0.3, -0.25) is 10.0 Å². The minimum atomic E-state index is -0.577. The first-order valence-corrected chi connectivity index (χ1v) is 12.5. The Balaban J connectivity index is 1.64. The third kappa shape index (κ3) is 6.20. The van der Waals surface area contributed by atoms with E-state index in [2.05, 4.69) is 15.1 Å². The summed E-state index contributed by atoms with van der Waals surface area (Å²) in [4.78, 5) is 39.1. The number of hydrogen-bond acceptors (Lipinski definition) is 10. The number of carbonyl (C=O) groups is 1. The van der Waals surface area contributed by atoms with E-state index in [4.69, 9.17) is 24.6 Å². The van der Waals surface area contributed by atoms with Crippen LogP contribution < -0.4 is 15.1 Å². The number of nitrogens with zero attached hydrogens (tertiary/aromatic N) is 6. The number of nitroso groups, excluding NO2 is 1. The second-order valence-electron chi connectivity index (χ2n) is 9.02. The van der Waals surface area contributed by atoms with E-state index in [1.807, 2.05) is 22.8 Å². The molecule has 1 aliphatic rings. The van der Waals surface area contributed by atoms with E-state index in [0.717, 1.165) is 54.8 Å². The number of rotatable bonds is 12. The van der Waals surface area contributed by atoms with E-state index in [-0.39, 0.29) is 5.91 Å². The van der Waals surface area contributed by atoms with Crippen molar-refractivity contribution in [2.24, 2.45) is 5.18 Å². The predicted octanol–water partition coefficient (Wildman–Crippen LogP) is 3.62. The Morgan fingerprint density at radius 3 is 2.73 bits per heavy atom. The third-order valence-electron chi connectivity index (χ3n) is 6.53. The molecule has 1 aliphatic heterocycles. The number of fused-ring (bicyclic) bond motifs is 1. The normalized spacial score (nSPS) is 14.5. The lowest BCUT2D eigenvalue weighted by molar-refractivity contribution is -0.129. The monoisotopic (exact) mass is 511 g/mol. The van der Waals surface area contributed by atoms with E-state index in [0.29, 0.717) is 49.9 Å². The Morgan fingerprint density at radius 1 is 1.22 bits per heavy atom. The quantitative estimate of drug-likeness (QED) is 0.161. The van der Waals surface area contributed by atoms with Gasteiger partial charge in [0.05, 0.1) is 26.7 Å². The molecule has 0 saturated carbocycles. The number of aryl methyl sites for hydroxylation is 1. The summed E-state index contributed by atoms with van der Waals surface area (Å²) in [5.74, 6) is 1.52. The summed E-state index contributed by atoms with van der Waals surface area (Å²) in [5, 5.41) is 11.8. The lowest BCUT2D eigenvalue weighted by Gasteiger charge is -2.28. The summed E-state index contributed by atoms with van der Waals surface area (Å²) in [6.45, 7) is 5.10. The van der Waals surface area contributed by atoms with Crippen molar-refractivity contribution in [1.82, 2.24) is 25.0 Å². The number of nitrogens with one attached hydrogen (secondary N) is 1. The molecule has 3 heterocycles. The smallest absolute Gasteiger partial charge is 0.243 e. The Kier molecular flexibility index (Phi) is 8.96. The zero-order valence-electron chi connectivity index (χ0n) is 21.2. The fourth-order valence-electron chi connectivity index (χ4n) is 4.45. The Bertz CT molecular complexity index is 1230. The number of benzene rings is 1. The molecule has 37 heavy (non-hydrogen) atoms. The molecule has 198 valence electrons. The van der Waals surface area contributed by atoms with Crippen LogP contribution in [0, 0.1) is 4.91 Å². The fourth-order valence-corrected chi connectivity index (χ4v) is 4.45. The van der Waals surface area contributed by atoms with Crippen LogP contribution in [0.15, 0.2) is 29.7 Å². The molecule has 1 unspecified atom stereocenters. The summed E-state index contributed by atoms with van der Waals surface area (Å²) in [6, 6.07) is 4.97. The minimum Gasteiger partial charge on any atom is -0.496 e. The van der Waals surface area contributed by atoms with E-state index >= 15 is 0 Å². The molecule has 0 spiro atoms. The van der Waals surface area contributed by atoms with Crippen molar-refractivity contribution >= 4 is 22.9 Å². The molecule has 4 rings (SSSR count). The number of anilines is 1. The van der Waals surface area contributed by atoms with Crippen LogP contribution in [0.4, 0.5) is 5.82 Å². The number of unbranched alkanes of at least 4 members (excludes halogenated alkanes) is 3. The van der Waals surface area contributed by atoms with Crippen LogP contribution in [-0.4, -0.2) is 64.0 Å². The maximum atomic E-state index is 11.3. The maximum Gasteiger partial charge on any atom is 0.243 e. The molecule has 2 N–H and O–H groups in total. The van der Waals surface area contributed by atoms with Crippen LogP contribution in [0.25, 0.3) is 22.6 Å². The van der Waals surface area contributed by atoms with Gasteiger partial charge < -0.3 is 18.9 Å². The number of hydroxylamine groups is 1. The van der Waals surface area contributed by atoms with E-state index in [1.54, 1.807) is 25.8 Å². The van der Waals surface area contributed by atoms with Crippen LogP contribution >= 0.6 is 0 Å². The van der Waals surface area contributed by atoms with Gasteiger partial charge in [-0.25, -0.2) is 20.4 Å². The van der Waals surface area contributed by atoms with Gasteiger partial charge in [-0.15, -0.1) is 0 Å². The number of ether oxygens (including phenoxy) is 2. The molecule has 0 radical (unpaired) electrons. The number of imidazole rings is 1. The summed E-state index contributed by atoms with van der Waals surface area (Å²) in [7, 11) is 1.56. The second kappa shape index (κ2) is 12.5. The highest BCUT2D eigenvalue weighted by atomic mass is 16.5. The zero-order chi connectivity index (χ0) is 26.2. The van der Waals surface area contributed by atoms with E-state index in [9.17, 15) is 9.70 Å². The number of morpholine rings is 1. The van der Waals surface area contributed by atoms with Crippen molar-refractivity contribution in [2.45, 2.75) is 51.6 Å². The van der Waals surface area contributed by atoms with Gasteiger partial charge in [-0.05, 0) is 38.0 Å². The standard InChI is InChI=1S/C25H33N7O5/c1-17(29-34)19-15-18(8-9-20(19)36-2)23-27-24(31-11-13-37-14-12-31)22-25(28-23)32(16-26-22)10-6-4-3-5-7-21(33)30-35/h8-9,15-17,35H,3-7,10-14H2,1-2H3,(H,30,33). The average Bonchev–Trinajstić information content (AvgIpc) is 3.36. The molecule has 2 aromatic heterocycles. The number of methoxy groups -OCH3 is 1. The highest BCUT2D eigenvalue weighted by Gasteiger charge is 2.22. The highest BCUT2D eigenvalue weighted by Crippen LogP contribution is 2.33. The van der Waals surface area contributed by atoms with Crippen molar-refractivity contribution in [2.75, 3.05) is 38.3 Å². The van der Waals surface area contributed by atoms with Crippen LogP contribution in [-0.2, 0) is 16.1 Å². The van der Waals surface area contributed by atoms with Crippen molar-refractivity contribution in [1.29, 1.82) is 0 Å². The molecule has 1 amide bonds. The molecular weight excluding hydrogens is 478 g/mol. The molecule has 1 saturated heterocycles. The van der Waals surface area contributed by atoms with Crippen molar-refractivity contribution in [3.63, 3.8) is 0 Å². The van der Waals surface area contributed by atoms with Crippen LogP contribution in [0.1, 0.15) is 50.6 Å². The Hall–Kier alpha value is -3.64. The summed E-state index contributed by atoms with van der Waals surface area (Å²) in [6.07, 6.45) is 5.55. The van der Waals surface area contributed by atoms with Gasteiger partial charge >= 0.3 is 0 Å². The van der Waals surface area contributed by atoms with Gasteiger partial charge in [0.1, 0.15) is 11.8 Å². The van der Waals surface area contributed by atoms with Crippen LogP contribution in [0.2, 0.25) is 0 Å². The molecule has 1 aromatic carbocycles. The van der Waals surface area contributed by atoms with Crippen molar-refractivity contribution in [3.05, 3.63) is 35.0 Å². The van der Waals surface area contributed by atoms with E-state index in [1.165, 1.54) is 0 Å². The molecule has 1 fully saturated rings. The number of amides is 1. The number of hydrogen-bond donors (Lipinski definition) is 2. The average molecular weight is 512 g/mol. The lowest BCUT2D eigenvalue weighted by atomic mass is 10.0. The van der Waals surface area contributed by atoms with Gasteiger partial charge in [-0.2, -0.15) is 4.91 Å². The van der Waals surface area contributed by atoms with Crippen LogP contribution in [0.3, 0.4) is 0 Å². The molecule has 3 aromatic rings. The molecule has 0 aliphatic carbocycles. The first-order chi connectivity index (χ1) is 18.0. The fraction of sp³-hybridized carbons (Fsp3) is 0.520. The Morgan fingerprint density at radius 2 is 2.00 bits per heavy atom. The second-order valence-corrected chi connectivity index (χ2v) is 9.02. The molecule has 0 bridgehead atoms. The van der Waals surface area contributed by atoms with Gasteiger partial charge in [0.25, 0.3) is 0 Å². The minimum absolute atomic E-state index is 0.312. The number of carbonyl (C=O) groups excluding carboxylic acids is 1. The number of aromatic nitrogens is 4. The molecule has 12 nitrogen and oxygen atoms in total. The van der Waals surface area contributed by atoms with Crippen LogP contribution in [0.5, 0.6) is 5.75 Å². The SMILES string of the molecule is COc1ccc(-c2nc(N3CCOCC3)c3ncn(CCCCCCC(=O)NO)c3n2)cc1C(C)N=O. The Labute approximate surface area is 214 Å². The first-order valence-electron chi connectivity index (χ1n) is 12.5. The zero-order valence-corrected chi connectivity index (χ0v) is 21.2. The first kappa shape index (κ1) is 26.4. The van der Waals surface area contributed by atoms with Gasteiger partial charge in [-0.1, -0.05) is 18.0 Å². The highest BCUT2D eigenvalue weighted by molar-refractivity contribution is 5.86. The van der Waals surface area contributed by atoms with Crippen molar-refractivity contribution < 1.29 is 19.5 Å². The lowest BCUT2D eigenvalue weighted by Crippen LogP contribution is -2.37. The van der Waals surface area contributed by atoms with Crippen molar-refractivity contribution in [3.8, 4) is 17.1 Å². The van der Waals surface area contributed by atoms with Gasteiger partial charge in [0.15, 0.2) is 22.8 Å². The largest absolute Gasteiger partial charge is 0.496 e.